The van der Waals surface area contributed by atoms with Gasteiger partial charge in [0, 0.05) is 41.1 Å². The number of aromatic carboxylic acids is 1. The van der Waals surface area contributed by atoms with Crippen LogP contribution in [0.15, 0.2) is 72.8 Å². The fourth-order valence-electron chi connectivity index (χ4n) is 7.33. The normalized spacial score (nSPS) is 27.1. The number of benzene rings is 3. The minimum absolute atomic E-state index is 0.309. The molecule has 2 saturated heterocycles. The Morgan fingerprint density at radius 2 is 1.62 bits per heavy atom. The summed E-state index contributed by atoms with van der Waals surface area (Å²) in [6, 6.07) is 25.0. The van der Waals surface area contributed by atoms with Crippen LogP contribution in [0.2, 0.25) is 10.0 Å². The smallest absolute Gasteiger partial charge is 0.335 e. The molecule has 5 atom stereocenters. The highest BCUT2D eigenvalue weighted by Crippen LogP contribution is 2.46. The molecule has 204 valence electrons. The summed E-state index contributed by atoms with van der Waals surface area (Å²) in [4.78, 5) is 13.9. The summed E-state index contributed by atoms with van der Waals surface area (Å²) in [5, 5.41) is 10.9. The maximum absolute atomic E-state index is 11.4. The number of hydrogen-bond acceptors (Lipinski definition) is 4. The lowest BCUT2D eigenvalue weighted by Gasteiger charge is -2.39. The Kier molecular flexibility index (Phi) is 7.97. The summed E-state index contributed by atoms with van der Waals surface area (Å²) in [6.07, 6.45) is 4.66. The van der Waals surface area contributed by atoms with Crippen molar-refractivity contribution in [2.45, 2.75) is 50.2 Å². The van der Waals surface area contributed by atoms with Gasteiger partial charge in [0.1, 0.15) is 0 Å². The summed E-state index contributed by atoms with van der Waals surface area (Å²) in [5.74, 6) is 1.12. The molecule has 0 radical (unpaired) electrons. The van der Waals surface area contributed by atoms with E-state index in [0.29, 0.717) is 41.3 Å². The number of carboxylic acid groups (broad SMARTS) is 1. The minimum atomic E-state index is -0.870. The number of nitrogens with one attached hydrogen (secondary N) is 2. The predicted octanol–water partition coefficient (Wildman–Crippen LogP) is 6.61. The van der Waals surface area contributed by atoms with E-state index in [1.54, 1.807) is 12.1 Å². The molecule has 3 fully saturated rings. The summed E-state index contributed by atoms with van der Waals surface area (Å²) < 4.78 is 0. The van der Waals surface area contributed by atoms with Crippen LogP contribution in [0, 0.1) is 17.8 Å². The molecule has 3 aromatic rings. The van der Waals surface area contributed by atoms with Gasteiger partial charge in [0.25, 0.3) is 0 Å². The molecule has 2 heterocycles. The first-order chi connectivity index (χ1) is 18.9. The molecular weight excluding hydrogens is 529 g/mol. The van der Waals surface area contributed by atoms with Crippen molar-refractivity contribution in [3.8, 4) is 0 Å². The maximum Gasteiger partial charge on any atom is 0.335 e. The largest absolute Gasteiger partial charge is 0.478 e. The zero-order chi connectivity index (χ0) is 26.9. The van der Waals surface area contributed by atoms with E-state index in [-0.39, 0.29) is 0 Å². The maximum atomic E-state index is 11.4. The van der Waals surface area contributed by atoms with E-state index >= 15 is 0 Å². The average molecular weight is 565 g/mol. The van der Waals surface area contributed by atoms with Crippen LogP contribution in [0.5, 0.6) is 0 Å². The Hall–Kier alpha value is -2.41. The quantitative estimate of drug-likeness (QED) is 0.302. The number of fused-ring (bicyclic) bond motifs is 1. The standard InChI is InChI=1S/C32H35Cl2N3O2/c33-26-9-4-21(5-10-26)30(22-6-11-27(34)12-7-22)23-8-13-29-28(17-23)31(36-35-29)25-14-15-37(19-25)18-20-2-1-3-24(16-20)32(38)39/h1-7,9-12,16,23,25,28-31,35-36H,8,13-15,17-19H2,(H,38,39). The monoisotopic (exact) mass is 563 g/mol. The van der Waals surface area contributed by atoms with Gasteiger partial charge in [-0.2, -0.15) is 0 Å². The molecule has 3 aromatic carbocycles. The first kappa shape index (κ1) is 26.8. The number of halogens is 2. The van der Waals surface area contributed by atoms with Gasteiger partial charge in [-0.1, -0.05) is 59.6 Å². The van der Waals surface area contributed by atoms with E-state index in [1.807, 2.05) is 36.4 Å². The molecule has 1 aliphatic carbocycles. The van der Waals surface area contributed by atoms with Crippen LogP contribution in [0.25, 0.3) is 0 Å². The number of rotatable bonds is 7. The Bertz CT molecular complexity index is 1250. The van der Waals surface area contributed by atoms with Gasteiger partial charge < -0.3 is 5.11 Å². The third-order valence-corrected chi connectivity index (χ3v) is 9.67. The number of nitrogens with zero attached hydrogens (tertiary/aromatic N) is 1. The molecule has 1 saturated carbocycles. The van der Waals surface area contributed by atoms with Crippen molar-refractivity contribution >= 4 is 29.2 Å². The van der Waals surface area contributed by atoms with Crippen molar-refractivity contribution in [1.82, 2.24) is 15.8 Å². The lowest BCUT2D eigenvalue weighted by atomic mass is 9.66. The number of carbonyl (C=O) groups is 1. The molecule has 2 aliphatic heterocycles. The van der Waals surface area contributed by atoms with Gasteiger partial charge in [-0.15, -0.1) is 0 Å². The van der Waals surface area contributed by atoms with Crippen LogP contribution in [-0.4, -0.2) is 41.1 Å². The summed E-state index contributed by atoms with van der Waals surface area (Å²) in [5.41, 5.74) is 11.4. The fraction of sp³-hybridized carbons (Fsp3) is 0.406. The van der Waals surface area contributed by atoms with Crippen LogP contribution in [0.3, 0.4) is 0 Å². The second-order valence-electron chi connectivity index (χ2n) is 11.5. The highest BCUT2D eigenvalue weighted by atomic mass is 35.5. The predicted molar refractivity (Wildman–Crippen MR) is 156 cm³/mol. The van der Waals surface area contributed by atoms with E-state index in [1.165, 1.54) is 24.0 Å². The van der Waals surface area contributed by atoms with Gasteiger partial charge in [-0.3, -0.25) is 15.8 Å². The summed E-state index contributed by atoms with van der Waals surface area (Å²) in [7, 11) is 0. The minimum Gasteiger partial charge on any atom is -0.478 e. The van der Waals surface area contributed by atoms with Gasteiger partial charge in [0.15, 0.2) is 0 Å². The number of carboxylic acids is 1. The van der Waals surface area contributed by atoms with Crippen molar-refractivity contribution in [1.29, 1.82) is 0 Å². The van der Waals surface area contributed by atoms with Crippen molar-refractivity contribution in [3.05, 3.63) is 105 Å². The van der Waals surface area contributed by atoms with Crippen LogP contribution < -0.4 is 10.9 Å². The highest BCUT2D eigenvalue weighted by molar-refractivity contribution is 6.30. The van der Waals surface area contributed by atoms with Crippen LogP contribution in [0.4, 0.5) is 0 Å². The van der Waals surface area contributed by atoms with Crippen molar-refractivity contribution in [3.63, 3.8) is 0 Å². The van der Waals surface area contributed by atoms with Gasteiger partial charge >= 0.3 is 5.97 Å². The molecule has 0 spiro atoms. The zero-order valence-corrected chi connectivity index (χ0v) is 23.4. The SMILES string of the molecule is O=C(O)c1cccc(CN2CCC(C3NNC4CCC(C(c5ccc(Cl)cc5)c5ccc(Cl)cc5)CC43)C2)c1. The number of hydrazine groups is 1. The van der Waals surface area contributed by atoms with E-state index in [4.69, 9.17) is 23.2 Å². The van der Waals surface area contributed by atoms with Gasteiger partial charge in [-0.05, 0) is 103 Å². The molecule has 0 amide bonds. The van der Waals surface area contributed by atoms with Crippen LogP contribution in [0.1, 0.15) is 58.6 Å². The Balaban J connectivity index is 1.17. The first-order valence-corrected chi connectivity index (χ1v) is 14.8. The summed E-state index contributed by atoms with van der Waals surface area (Å²) in [6.45, 7) is 2.87. The zero-order valence-electron chi connectivity index (χ0n) is 21.9. The molecule has 5 unspecified atom stereocenters. The number of likely N-dealkylation sites (tertiary alicyclic amines) is 1. The Morgan fingerprint density at radius 3 is 2.28 bits per heavy atom. The molecule has 0 aromatic heterocycles. The van der Waals surface area contributed by atoms with Gasteiger partial charge in [-0.25, -0.2) is 4.79 Å². The Labute approximate surface area is 240 Å². The van der Waals surface area contributed by atoms with E-state index in [9.17, 15) is 9.90 Å². The first-order valence-electron chi connectivity index (χ1n) is 14.0. The number of hydrogen-bond donors (Lipinski definition) is 3. The van der Waals surface area contributed by atoms with Crippen LogP contribution >= 0.6 is 23.2 Å². The highest BCUT2D eigenvalue weighted by Gasteiger charge is 2.46. The summed E-state index contributed by atoms with van der Waals surface area (Å²) >= 11 is 12.5. The average Bonchev–Trinajstić information content (AvgIpc) is 3.58. The van der Waals surface area contributed by atoms with Gasteiger partial charge in [0.2, 0.25) is 0 Å². The van der Waals surface area contributed by atoms with E-state index in [2.05, 4.69) is 40.0 Å². The molecule has 6 rings (SSSR count). The molecule has 3 aliphatic rings. The fourth-order valence-corrected chi connectivity index (χ4v) is 7.59. The van der Waals surface area contributed by atoms with Crippen molar-refractivity contribution in [2.24, 2.45) is 17.8 Å². The molecule has 7 heteroatoms. The molecular formula is C32H35Cl2N3O2. The third-order valence-electron chi connectivity index (χ3n) is 9.16. The second-order valence-corrected chi connectivity index (χ2v) is 12.4. The van der Waals surface area contributed by atoms with E-state index in [0.717, 1.165) is 48.1 Å². The van der Waals surface area contributed by atoms with Gasteiger partial charge in [0.05, 0.1) is 5.56 Å². The third kappa shape index (κ3) is 5.89. The Morgan fingerprint density at radius 1 is 0.923 bits per heavy atom. The van der Waals surface area contributed by atoms with Crippen molar-refractivity contribution in [2.75, 3.05) is 13.1 Å². The van der Waals surface area contributed by atoms with Crippen molar-refractivity contribution < 1.29 is 9.90 Å². The lowest BCUT2D eigenvalue weighted by molar-refractivity contribution is 0.0696. The van der Waals surface area contributed by atoms with E-state index < -0.39 is 5.97 Å². The lowest BCUT2D eigenvalue weighted by Crippen LogP contribution is -2.40. The molecule has 5 nitrogen and oxygen atoms in total. The second kappa shape index (κ2) is 11.6. The molecule has 0 bridgehead atoms. The topological polar surface area (TPSA) is 64.6 Å². The molecule has 3 N–H and O–H groups in total. The van der Waals surface area contributed by atoms with Crippen LogP contribution in [-0.2, 0) is 6.54 Å². The molecule has 39 heavy (non-hydrogen) atoms.